The highest BCUT2D eigenvalue weighted by atomic mass is 35.5. The summed E-state index contributed by atoms with van der Waals surface area (Å²) in [7, 11) is 0. The van der Waals surface area contributed by atoms with Crippen molar-refractivity contribution in [3.8, 4) is 0 Å². The van der Waals surface area contributed by atoms with Gasteiger partial charge in [-0.05, 0) is 43.2 Å². The summed E-state index contributed by atoms with van der Waals surface area (Å²) in [6, 6.07) is 6.78. The number of aliphatic hydroxyl groups is 2. The van der Waals surface area contributed by atoms with Gasteiger partial charge < -0.3 is 29.0 Å². The molecule has 8 nitrogen and oxygen atoms in total. The van der Waals surface area contributed by atoms with Crippen molar-refractivity contribution in [1.29, 1.82) is 0 Å². The minimum atomic E-state index is -1.07. The number of rotatable bonds is 4. The number of hydrogen-bond acceptors (Lipinski definition) is 7. The topological polar surface area (TPSA) is 98.9 Å². The summed E-state index contributed by atoms with van der Waals surface area (Å²) in [6.45, 7) is 3.37. The summed E-state index contributed by atoms with van der Waals surface area (Å²) in [5, 5.41) is 22.5. The van der Waals surface area contributed by atoms with Gasteiger partial charge in [-0.25, -0.2) is 9.97 Å². The first-order valence-electron chi connectivity index (χ1n) is 9.84. The molecule has 2 aromatic heterocycles. The average molecular weight is 466 g/mol. The third-order valence-electron chi connectivity index (χ3n) is 5.70. The van der Waals surface area contributed by atoms with Crippen molar-refractivity contribution in [1.82, 2.24) is 14.5 Å². The molecule has 2 aliphatic heterocycles. The largest absolute Gasteiger partial charge is 0.392 e. The third kappa shape index (κ3) is 3.52. The number of nitrogens with zero attached hydrogens (tertiary/aromatic N) is 3. The van der Waals surface area contributed by atoms with Gasteiger partial charge in [0.1, 0.15) is 41.5 Å². The molecule has 5 atom stereocenters. The molecule has 0 spiro atoms. The maximum atomic E-state index is 11.2. The van der Waals surface area contributed by atoms with Gasteiger partial charge in [0.15, 0.2) is 12.0 Å². The van der Waals surface area contributed by atoms with Gasteiger partial charge in [0.2, 0.25) is 0 Å². The maximum Gasteiger partial charge on any atom is 0.164 e. The van der Waals surface area contributed by atoms with Gasteiger partial charge in [-0.15, -0.1) is 0 Å². The van der Waals surface area contributed by atoms with Crippen molar-refractivity contribution in [3.63, 3.8) is 0 Å². The van der Waals surface area contributed by atoms with Gasteiger partial charge in [0.05, 0.1) is 12.0 Å². The molecule has 5 rings (SSSR count). The Bertz CT molecular complexity index is 1140. The quantitative estimate of drug-likeness (QED) is 0.569. The summed E-state index contributed by atoms with van der Waals surface area (Å²) in [6.07, 6.45) is -0.294. The third-order valence-corrected chi connectivity index (χ3v) is 6.24. The van der Waals surface area contributed by atoms with Gasteiger partial charge in [-0.2, -0.15) is 0 Å². The molecule has 1 aromatic carbocycles. The van der Waals surface area contributed by atoms with Crippen LogP contribution in [0.2, 0.25) is 10.2 Å². The Balaban J connectivity index is 1.55. The van der Waals surface area contributed by atoms with Crippen LogP contribution in [0.3, 0.4) is 0 Å². The number of fused-ring (bicyclic) bond motifs is 2. The number of benzene rings is 1. The lowest BCUT2D eigenvalue weighted by atomic mass is 9.95. The predicted octanol–water partition coefficient (Wildman–Crippen LogP) is 3.38. The Morgan fingerprint density at radius 1 is 1.16 bits per heavy atom. The normalized spacial score (nSPS) is 28.2. The van der Waals surface area contributed by atoms with Crippen LogP contribution >= 0.6 is 23.2 Å². The van der Waals surface area contributed by atoms with Crippen molar-refractivity contribution in [3.05, 3.63) is 58.1 Å². The van der Waals surface area contributed by atoms with Crippen LogP contribution in [-0.2, 0) is 20.8 Å². The molecule has 31 heavy (non-hydrogen) atoms. The summed E-state index contributed by atoms with van der Waals surface area (Å²) in [5.41, 5.74) is 1.63. The van der Waals surface area contributed by atoms with Gasteiger partial charge in [0.25, 0.3) is 0 Å². The molecule has 0 radical (unpaired) electrons. The molecular formula is C21H21Cl2N3O5. The minimum Gasteiger partial charge on any atom is -0.392 e. The molecule has 0 saturated carbocycles. The van der Waals surface area contributed by atoms with E-state index in [1.54, 1.807) is 24.4 Å². The van der Waals surface area contributed by atoms with E-state index in [0.717, 1.165) is 0 Å². The van der Waals surface area contributed by atoms with E-state index in [1.165, 1.54) is 6.33 Å². The lowest BCUT2D eigenvalue weighted by Gasteiger charge is -2.28. The SMILES string of the molecule is CC1(C)OC2C(O1)[C@@H](C(O)c1ccc(Cl)cc1CO)OC2n1ccc2c(Cl)ncnc21. The second-order valence-electron chi connectivity index (χ2n) is 8.13. The second kappa shape index (κ2) is 7.67. The van der Waals surface area contributed by atoms with E-state index >= 15 is 0 Å². The highest BCUT2D eigenvalue weighted by Crippen LogP contribution is 2.47. The zero-order valence-corrected chi connectivity index (χ0v) is 18.3. The van der Waals surface area contributed by atoms with E-state index in [2.05, 4.69) is 9.97 Å². The van der Waals surface area contributed by atoms with Crippen LogP contribution in [-0.4, -0.2) is 48.8 Å². The zero-order chi connectivity index (χ0) is 21.9. The number of ether oxygens (including phenoxy) is 3. The van der Waals surface area contributed by atoms with Crippen molar-refractivity contribution in [2.75, 3.05) is 0 Å². The minimum absolute atomic E-state index is 0.266. The molecule has 2 aliphatic rings. The molecule has 2 N–H and O–H groups in total. The Hall–Kier alpha value is -1.78. The van der Waals surface area contributed by atoms with Crippen LogP contribution < -0.4 is 0 Å². The number of aliphatic hydroxyl groups excluding tert-OH is 2. The van der Waals surface area contributed by atoms with E-state index < -0.39 is 36.4 Å². The highest BCUT2D eigenvalue weighted by molar-refractivity contribution is 6.33. The first-order chi connectivity index (χ1) is 14.8. The van der Waals surface area contributed by atoms with Crippen LogP contribution in [0.15, 0.2) is 36.8 Å². The van der Waals surface area contributed by atoms with Crippen LogP contribution in [0.1, 0.15) is 37.3 Å². The van der Waals surface area contributed by atoms with E-state index in [-0.39, 0.29) is 6.61 Å². The zero-order valence-electron chi connectivity index (χ0n) is 16.8. The molecule has 4 heterocycles. The van der Waals surface area contributed by atoms with Crippen molar-refractivity contribution in [2.24, 2.45) is 0 Å². The summed E-state index contributed by atoms with van der Waals surface area (Å²) in [5.74, 6) is -0.856. The fourth-order valence-electron chi connectivity index (χ4n) is 4.41. The Kier molecular flexibility index (Phi) is 5.22. The predicted molar refractivity (Wildman–Crippen MR) is 113 cm³/mol. The Morgan fingerprint density at radius 3 is 2.71 bits per heavy atom. The standard InChI is InChI=1S/C21H21Cl2N3O5/c1-21(2)30-16-15(14(28)12-4-3-11(22)7-10(12)8-27)29-20(17(16)31-21)26-6-5-13-18(23)24-9-25-19(13)26/h3-7,9,14-17,20,27-28H,8H2,1-2H3/t14?,15-,16?,17?,20?/m1/s1. The second-order valence-corrected chi connectivity index (χ2v) is 8.92. The smallest absolute Gasteiger partial charge is 0.164 e. The molecular weight excluding hydrogens is 445 g/mol. The van der Waals surface area contributed by atoms with Crippen LogP contribution in [0.25, 0.3) is 11.0 Å². The molecule has 4 unspecified atom stereocenters. The number of aromatic nitrogens is 3. The van der Waals surface area contributed by atoms with Crippen molar-refractivity contribution in [2.45, 2.75) is 56.9 Å². The molecule has 10 heteroatoms. The Labute approximate surface area is 188 Å². The number of halogens is 2. The molecule has 164 valence electrons. The van der Waals surface area contributed by atoms with Crippen LogP contribution in [0.4, 0.5) is 0 Å². The molecule has 0 aliphatic carbocycles. The van der Waals surface area contributed by atoms with Crippen molar-refractivity contribution < 1.29 is 24.4 Å². The first-order valence-corrected chi connectivity index (χ1v) is 10.6. The van der Waals surface area contributed by atoms with Crippen LogP contribution in [0.5, 0.6) is 0 Å². The van der Waals surface area contributed by atoms with E-state index in [0.29, 0.717) is 32.3 Å². The lowest BCUT2D eigenvalue weighted by Crippen LogP contribution is -2.34. The van der Waals surface area contributed by atoms with Gasteiger partial charge in [-0.3, -0.25) is 0 Å². The van der Waals surface area contributed by atoms with Gasteiger partial charge >= 0.3 is 0 Å². The molecule has 3 aromatic rings. The fourth-order valence-corrected chi connectivity index (χ4v) is 4.79. The van der Waals surface area contributed by atoms with Crippen molar-refractivity contribution >= 4 is 34.2 Å². The molecule has 0 amide bonds. The monoisotopic (exact) mass is 465 g/mol. The van der Waals surface area contributed by atoms with Gasteiger partial charge in [-0.1, -0.05) is 29.3 Å². The molecule has 0 bridgehead atoms. The van der Waals surface area contributed by atoms with E-state index in [9.17, 15) is 10.2 Å². The van der Waals surface area contributed by atoms with Crippen LogP contribution in [0, 0.1) is 0 Å². The molecule has 2 fully saturated rings. The Morgan fingerprint density at radius 2 is 1.94 bits per heavy atom. The average Bonchev–Trinajstić information content (AvgIpc) is 3.38. The summed E-state index contributed by atoms with van der Waals surface area (Å²) < 4.78 is 20.4. The fraction of sp³-hybridized carbons (Fsp3) is 0.429. The number of hydrogen-bond donors (Lipinski definition) is 2. The summed E-state index contributed by atoms with van der Waals surface area (Å²) >= 11 is 12.3. The first kappa shape index (κ1) is 21.1. The lowest BCUT2D eigenvalue weighted by molar-refractivity contribution is -0.207. The maximum absolute atomic E-state index is 11.2. The molecule has 2 saturated heterocycles. The van der Waals surface area contributed by atoms with Gasteiger partial charge in [0, 0.05) is 11.2 Å². The van der Waals surface area contributed by atoms with E-state index in [4.69, 9.17) is 37.4 Å². The highest BCUT2D eigenvalue weighted by Gasteiger charge is 2.58. The summed E-state index contributed by atoms with van der Waals surface area (Å²) in [4.78, 5) is 8.36. The van der Waals surface area contributed by atoms with E-state index in [1.807, 2.05) is 24.5 Å².